The summed E-state index contributed by atoms with van der Waals surface area (Å²) in [4.78, 5) is 77.3. The van der Waals surface area contributed by atoms with Gasteiger partial charge in [0.1, 0.15) is 34.9 Å². The molecule has 0 saturated carbocycles. The van der Waals surface area contributed by atoms with Gasteiger partial charge in [-0.2, -0.15) is 0 Å². The number of unbranched alkanes of at least 4 members (excludes halogenated alkanes) is 4. The summed E-state index contributed by atoms with van der Waals surface area (Å²) in [6.45, 7) is 9.44. The largest absolute Gasteiger partial charge is 0.454 e. The van der Waals surface area contributed by atoms with E-state index in [1.807, 2.05) is 52.0 Å². The average Bonchev–Trinajstić information content (AvgIpc) is 4.11. The second kappa shape index (κ2) is 23.5. The molecule has 394 valence electrons. The van der Waals surface area contributed by atoms with Crippen molar-refractivity contribution < 1.29 is 46.2 Å². The number of aliphatic hydroxyl groups excluding tert-OH is 1. The van der Waals surface area contributed by atoms with Gasteiger partial charge in [0.15, 0.2) is 11.6 Å². The number of hydrogen-bond acceptors (Lipinski definition) is 11. The number of anilines is 1. The van der Waals surface area contributed by atoms with E-state index in [2.05, 4.69) is 30.6 Å². The lowest BCUT2D eigenvalue weighted by Gasteiger charge is -2.35. The third-order valence-electron chi connectivity index (χ3n) is 12.8. The molecule has 7 rings (SSSR count). The van der Waals surface area contributed by atoms with E-state index in [1.54, 1.807) is 16.8 Å². The summed E-state index contributed by atoms with van der Waals surface area (Å²) < 4.78 is 63.2. The van der Waals surface area contributed by atoms with Crippen LogP contribution in [0, 0.1) is 24.0 Å². The van der Waals surface area contributed by atoms with Gasteiger partial charge in [-0.3, -0.25) is 28.7 Å². The molecule has 1 aliphatic rings. The van der Waals surface area contributed by atoms with Crippen molar-refractivity contribution in [1.29, 1.82) is 0 Å². The van der Waals surface area contributed by atoms with E-state index in [0.717, 1.165) is 46.7 Å². The number of thiazole rings is 1. The monoisotopic (exact) mass is 1060 g/mol. The van der Waals surface area contributed by atoms with Crippen LogP contribution in [0.1, 0.15) is 94.4 Å². The summed E-state index contributed by atoms with van der Waals surface area (Å²) in [6, 6.07) is 14.5. The predicted molar refractivity (Wildman–Crippen MR) is 280 cm³/mol. The number of pyridine rings is 1. The number of amides is 4. The number of carbonyl (C=O) groups excluding carboxylic acids is 4. The topological polar surface area (TPSA) is 234 Å². The van der Waals surface area contributed by atoms with Crippen LogP contribution in [-0.4, -0.2) is 93.6 Å². The number of halogens is 2. The van der Waals surface area contributed by atoms with Gasteiger partial charge < -0.3 is 40.2 Å². The van der Waals surface area contributed by atoms with Crippen LogP contribution in [0.15, 0.2) is 83.2 Å². The number of aromatic amines is 1. The van der Waals surface area contributed by atoms with E-state index in [-0.39, 0.29) is 77.5 Å². The van der Waals surface area contributed by atoms with Gasteiger partial charge in [0.05, 0.1) is 27.9 Å². The van der Waals surface area contributed by atoms with Crippen molar-refractivity contribution in [3.63, 3.8) is 0 Å². The smallest absolute Gasteiger partial charge is 0.274 e. The number of H-pyrrole nitrogens is 1. The van der Waals surface area contributed by atoms with Crippen molar-refractivity contribution >= 4 is 61.6 Å². The Balaban J connectivity index is 0.899. The zero-order valence-electron chi connectivity index (χ0n) is 42.1. The summed E-state index contributed by atoms with van der Waals surface area (Å²) >= 11 is 1.56. The van der Waals surface area contributed by atoms with Crippen molar-refractivity contribution in [1.82, 2.24) is 35.4 Å². The summed E-state index contributed by atoms with van der Waals surface area (Å²) in [5.41, 5.74) is 4.40. The molecule has 0 radical (unpaired) electrons. The summed E-state index contributed by atoms with van der Waals surface area (Å²) in [5.74, 6) is -3.86. The number of nitrogens with one attached hydrogen (secondary N) is 5. The standard InChI is InChI=1S/C53H62F2N8O9S2/c1-7-74(70,71)61-35-19-21-43(72-44-20-18-34(54)23-40(44)55)37(24-35)39-29-62(6)51(68)46-38(39)26-41(59-46)49(66)56-22-12-10-8-9-11-13-45(65)60-48(53(3,4)5)52(69)63-28-36(64)25-42(63)50(67)57-27-32-14-16-33(17-15-32)47-31(2)58-30-73-47/h14-21,23-24,26,29-30,36,42,48,59,61,64H,7-13,22,25,27-28H2,1-6H3,(H,56,66)(H,57,67)(H,60,65)/t36-,42+,48-/m1/s1. The van der Waals surface area contributed by atoms with E-state index in [0.29, 0.717) is 42.8 Å². The van der Waals surface area contributed by atoms with Gasteiger partial charge >= 0.3 is 0 Å². The van der Waals surface area contributed by atoms with Crippen LogP contribution in [0.5, 0.6) is 11.5 Å². The molecule has 74 heavy (non-hydrogen) atoms. The number of nitrogens with zero attached hydrogens (tertiary/aromatic N) is 3. The van der Waals surface area contributed by atoms with Crippen LogP contribution in [0.25, 0.3) is 32.5 Å². The lowest BCUT2D eigenvalue weighted by molar-refractivity contribution is -0.144. The summed E-state index contributed by atoms with van der Waals surface area (Å²) in [5, 5.41) is 19.6. The molecule has 6 N–H and O–H groups in total. The molecule has 3 aromatic heterocycles. The molecular formula is C53H62F2N8O9S2. The highest BCUT2D eigenvalue weighted by Crippen LogP contribution is 2.40. The molecule has 0 aliphatic carbocycles. The summed E-state index contributed by atoms with van der Waals surface area (Å²) in [7, 11) is -2.22. The highest BCUT2D eigenvalue weighted by molar-refractivity contribution is 7.92. The molecule has 1 saturated heterocycles. The van der Waals surface area contributed by atoms with Gasteiger partial charge in [-0.25, -0.2) is 22.2 Å². The number of aryl methyl sites for hydroxylation is 2. The molecule has 17 nitrogen and oxygen atoms in total. The average molecular weight is 1060 g/mol. The first-order valence-corrected chi connectivity index (χ1v) is 27.0. The van der Waals surface area contributed by atoms with Gasteiger partial charge in [-0.05, 0) is 79.6 Å². The minimum Gasteiger partial charge on any atom is -0.454 e. The number of likely N-dealkylation sites (tertiary alicyclic amines) is 1. The number of benzene rings is 3. The molecule has 1 aliphatic heterocycles. The number of rotatable bonds is 21. The first-order valence-electron chi connectivity index (χ1n) is 24.5. The van der Waals surface area contributed by atoms with E-state index in [1.165, 1.54) is 53.9 Å². The Morgan fingerprint density at radius 1 is 0.946 bits per heavy atom. The number of β-amino-alcohol motifs (C(OH)–C–C–N with tert-alkyl or cyclic N) is 1. The Morgan fingerprint density at radius 2 is 1.66 bits per heavy atom. The molecule has 1 fully saturated rings. The van der Waals surface area contributed by atoms with Crippen LogP contribution < -0.4 is 31.0 Å². The lowest BCUT2D eigenvalue weighted by atomic mass is 9.85. The van der Waals surface area contributed by atoms with Gasteiger partial charge in [-0.15, -0.1) is 11.3 Å². The van der Waals surface area contributed by atoms with E-state index in [9.17, 15) is 46.3 Å². The Morgan fingerprint density at radius 3 is 2.35 bits per heavy atom. The highest BCUT2D eigenvalue weighted by Gasteiger charge is 2.44. The van der Waals surface area contributed by atoms with Crippen LogP contribution in [0.4, 0.5) is 14.5 Å². The molecule has 4 heterocycles. The van der Waals surface area contributed by atoms with Crippen molar-refractivity contribution in [2.45, 2.75) is 104 Å². The van der Waals surface area contributed by atoms with Crippen molar-refractivity contribution in [2.24, 2.45) is 12.5 Å². The second-order valence-corrected chi connectivity index (χ2v) is 22.4. The van der Waals surface area contributed by atoms with E-state index >= 15 is 0 Å². The molecule has 21 heteroatoms. The third-order valence-corrected chi connectivity index (χ3v) is 15.1. The molecular weight excluding hydrogens is 995 g/mol. The van der Waals surface area contributed by atoms with Crippen molar-refractivity contribution in [3.05, 3.63) is 117 Å². The number of hydrogen-bond donors (Lipinski definition) is 6. The van der Waals surface area contributed by atoms with Crippen LogP contribution >= 0.6 is 11.3 Å². The molecule has 0 unspecified atom stereocenters. The fraction of sp³-hybridized carbons (Fsp3) is 0.396. The van der Waals surface area contributed by atoms with Crippen molar-refractivity contribution in [3.8, 4) is 33.1 Å². The van der Waals surface area contributed by atoms with E-state index in [4.69, 9.17) is 4.74 Å². The maximum absolute atomic E-state index is 14.8. The van der Waals surface area contributed by atoms with Gasteiger partial charge in [0.2, 0.25) is 27.7 Å². The van der Waals surface area contributed by atoms with Gasteiger partial charge in [0.25, 0.3) is 11.5 Å². The molecule has 0 spiro atoms. The maximum atomic E-state index is 14.8. The fourth-order valence-corrected chi connectivity index (χ4v) is 10.2. The Kier molecular flexibility index (Phi) is 17.4. The Labute approximate surface area is 432 Å². The molecule has 3 atom stereocenters. The number of ether oxygens (including phenoxy) is 1. The number of aromatic nitrogens is 3. The van der Waals surface area contributed by atoms with Crippen LogP contribution in [0.3, 0.4) is 0 Å². The first kappa shape index (κ1) is 54.8. The minimum atomic E-state index is -3.72. The number of aliphatic hydroxyl groups is 1. The SMILES string of the molecule is CCS(=O)(=O)Nc1ccc(Oc2ccc(F)cc2F)c(-c2cn(C)c(=O)c3[nH]c(C(=O)NCCCCCCCC(=O)N[C@H](C(=O)N4C[C@H](O)C[C@H]4C(=O)NCc4ccc(-c5scnc5C)cc4)C(C)(C)C)cc23)c1. The fourth-order valence-electron chi connectivity index (χ4n) is 8.74. The number of fused-ring (bicyclic) bond motifs is 1. The normalized spacial score (nSPS) is 15.2. The highest BCUT2D eigenvalue weighted by atomic mass is 32.2. The number of carbonyl (C=O) groups is 4. The van der Waals surface area contributed by atoms with Gasteiger partial charge in [0, 0.05) is 74.0 Å². The third kappa shape index (κ3) is 13.4. The Hall–Kier alpha value is -6.97. The van der Waals surface area contributed by atoms with Crippen LogP contribution in [0.2, 0.25) is 0 Å². The summed E-state index contributed by atoms with van der Waals surface area (Å²) in [6.07, 6.45) is 4.20. The number of sulfonamides is 1. The lowest BCUT2D eigenvalue weighted by Crippen LogP contribution is -2.57. The van der Waals surface area contributed by atoms with E-state index < -0.39 is 62.6 Å². The molecule has 4 amide bonds. The van der Waals surface area contributed by atoms with Crippen LogP contribution in [-0.2, 0) is 38.0 Å². The maximum Gasteiger partial charge on any atom is 0.274 e. The quantitative estimate of drug-likeness (QED) is 0.0385. The Bertz CT molecular complexity index is 3200. The molecule has 6 aromatic rings. The molecule has 3 aromatic carbocycles. The first-order chi connectivity index (χ1) is 35.1. The van der Waals surface area contributed by atoms with Gasteiger partial charge in [-0.1, -0.05) is 64.3 Å². The predicted octanol–water partition coefficient (Wildman–Crippen LogP) is 7.68. The van der Waals surface area contributed by atoms with Crippen molar-refractivity contribution in [2.75, 3.05) is 23.6 Å². The second-order valence-electron chi connectivity index (χ2n) is 19.5. The zero-order chi connectivity index (χ0) is 53.5. The molecule has 0 bridgehead atoms. The zero-order valence-corrected chi connectivity index (χ0v) is 43.8. The minimum absolute atomic E-state index is 0.0310.